The fourth-order valence-electron chi connectivity index (χ4n) is 1.77. The molecule has 2 aromatic carbocycles. The van der Waals surface area contributed by atoms with Crippen LogP contribution in [0.1, 0.15) is 0 Å². The van der Waals surface area contributed by atoms with Gasteiger partial charge in [-0.15, -0.1) is 0 Å². The molecular formula is C14H12N2O6S6. The molecule has 0 unspecified atom stereocenters. The molecule has 0 saturated carbocycles. The van der Waals surface area contributed by atoms with E-state index in [0.29, 0.717) is 20.0 Å². The van der Waals surface area contributed by atoms with Gasteiger partial charge in [-0.05, 0) is 70.1 Å². The first kappa shape index (κ1) is 23.0. The van der Waals surface area contributed by atoms with Crippen molar-refractivity contribution in [3.8, 4) is 0 Å². The molecule has 0 radical (unpaired) electrons. The van der Waals surface area contributed by atoms with E-state index in [1.807, 2.05) is 0 Å². The normalized spacial score (nSPS) is 11.6. The highest BCUT2D eigenvalue weighted by Crippen LogP contribution is 2.27. The molecule has 0 fully saturated rings. The number of hydrogen-bond donors (Lipinski definition) is 4. The van der Waals surface area contributed by atoms with Crippen LogP contribution in [0.3, 0.4) is 0 Å². The molecule has 0 atom stereocenters. The van der Waals surface area contributed by atoms with Crippen molar-refractivity contribution >= 4 is 86.3 Å². The number of rotatable bonds is 4. The van der Waals surface area contributed by atoms with Crippen LogP contribution < -0.4 is 10.6 Å². The average molecular weight is 497 g/mol. The zero-order valence-corrected chi connectivity index (χ0v) is 18.5. The average Bonchev–Trinajstić information content (AvgIpc) is 2.59. The summed E-state index contributed by atoms with van der Waals surface area (Å²) < 4.78 is 62.6. The first-order valence-electron chi connectivity index (χ1n) is 7.07. The van der Waals surface area contributed by atoms with Crippen LogP contribution in [0.25, 0.3) is 0 Å². The SMILES string of the molecule is O=S(=O)(O)c1ccc(NC(=S)SSC(=S)Nc2ccc(S(=O)(=O)O)cc2)cc1. The van der Waals surface area contributed by atoms with Gasteiger partial charge in [-0.2, -0.15) is 16.8 Å². The fraction of sp³-hybridized carbons (Fsp3) is 0. The molecule has 0 aliphatic carbocycles. The Hall–Kier alpha value is -1.26. The van der Waals surface area contributed by atoms with Crippen molar-refractivity contribution in [2.24, 2.45) is 0 Å². The Kier molecular flexibility index (Phi) is 7.81. The minimum Gasteiger partial charge on any atom is -0.340 e. The summed E-state index contributed by atoms with van der Waals surface area (Å²) in [6.45, 7) is 0. The van der Waals surface area contributed by atoms with Crippen LogP contribution in [0, 0.1) is 0 Å². The van der Waals surface area contributed by atoms with Gasteiger partial charge < -0.3 is 10.6 Å². The molecule has 0 bridgehead atoms. The number of benzene rings is 2. The summed E-state index contributed by atoms with van der Waals surface area (Å²) in [5.74, 6) is 0. The lowest BCUT2D eigenvalue weighted by Gasteiger charge is -2.09. The minimum absolute atomic E-state index is 0.226. The summed E-state index contributed by atoms with van der Waals surface area (Å²) in [7, 11) is -6.21. The molecule has 0 spiro atoms. The third kappa shape index (κ3) is 7.29. The molecule has 14 heteroatoms. The number of anilines is 2. The van der Waals surface area contributed by atoms with Crippen LogP contribution in [0.5, 0.6) is 0 Å². The van der Waals surface area contributed by atoms with Crippen LogP contribution in [-0.2, 0) is 20.2 Å². The van der Waals surface area contributed by atoms with Gasteiger partial charge in [-0.25, -0.2) is 0 Å². The van der Waals surface area contributed by atoms with E-state index in [1.165, 1.54) is 48.5 Å². The predicted molar refractivity (Wildman–Crippen MR) is 120 cm³/mol. The van der Waals surface area contributed by atoms with E-state index in [9.17, 15) is 16.8 Å². The predicted octanol–water partition coefficient (Wildman–Crippen LogP) is 3.66. The monoisotopic (exact) mass is 496 g/mol. The summed E-state index contributed by atoms with van der Waals surface area (Å²) in [5.41, 5.74) is 1.07. The summed E-state index contributed by atoms with van der Waals surface area (Å²) in [6, 6.07) is 10.8. The van der Waals surface area contributed by atoms with E-state index in [4.69, 9.17) is 33.5 Å². The molecule has 150 valence electrons. The third-order valence-electron chi connectivity index (χ3n) is 2.99. The summed E-state index contributed by atoms with van der Waals surface area (Å²) in [5, 5.41) is 5.76. The second kappa shape index (κ2) is 9.49. The van der Waals surface area contributed by atoms with Gasteiger partial charge in [0, 0.05) is 11.4 Å². The van der Waals surface area contributed by atoms with E-state index in [1.54, 1.807) is 0 Å². The van der Waals surface area contributed by atoms with Crippen molar-refractivity contribution in [3.05, 3.63) is 48.5 Å². The van der Waals surface area contributed by atoms with Crippen LogP contribution in [0.2, 0.25) is 0 Å². The molecular weight excluding hydrogens is 485 g/mol. The fourth-order valence-corrected chi connectivity index (χ4v) is 4.76. The van der Waals surface area contributed by atoms with E-state index in [0.717, 1.165) is 21.6 Å². The van der Waals surface area contributed by atoms with Crippen molar-refractivity contribution in [2.75, 3.05) is 10.6 Å². The number of thiocarbonyl (C=S) groups is 2. The Labute approximate surface area is 180 Å². The lowest BCUT2D eigenvalue weighted by atomic mass is 10.3. The maximum Gasteiger partial charge on any atom is 0.294 e. The minimum atomic E-state index is -4.25. The quantitative estimate of drug-likeness (QED) is 0.280. The van der Waals surface area contributed by atoms with Gasteiger partial charge in [0.1, 0.15) is 8.64 Å². The smallest absolute Gasteiger partial charge is 0.294 e. The molecule has 28 heavy (non-hydrogen) atoms. The Morgan fingerprint density at radius 3 is 1.21 bits per heavy atom. The van der Waals surface area contributed by atoms with Gasteiger partial charge >= 0.3 is 0 Å². The van der Waals surface area contributed by atoms with Crippen molar-refractivity contribution in [3.63, 3.8) is 0 Å². The molecule has 0 aromatic heterocycles. The third-order valence-corrected chi connectivity index (χ3v) is 7.90. The van der Waals surface area contributed by atoms with Gasteiger partial charge in [0.25, 0.3) is 20.2 Å². The van der Waals surface area contributed by atoms with Gasteiger partial charge in [-0.3, -0.25) is 9.11 Å². The van der Waals surface area contributed by atoms with Crippen molar-refractivity contribution in [1.29, 1.82) is 0 Å². The van der Waals surface area contributed by atoms with Crippen molar-refractivity contribution in [1.82, 2.24) is 0 Å². The van der Waals surface area contributed by atoms with E-state index >= 15 is 0 Å². The molecule has 0 heterocycles. The van der Waals surface area contributed by atoms with Gasteiger partial charge in [-0.1, -0.05) is 24.4 Å². The van der Waals surface area contributed by atoms with Crippen LogP contribution >= 0.6 is 46.0 Å². The molecule has 0 aliphatic rings. The summed E-state index contributed by atoms with van der Waals surface area (Å²) >= 11 is 10.3. The van der Waals surface area contributed by atoms with Gasteiger partial charge in [0.15, 0.2) is 0 Å². The van der Waals surface area contributed by atoms with E-state index in [2.05, 4.69) is 10.6 Å². The Morgan fingerprint density at radius 2 is 0.964 bits per heavy atom. The largest absolute Gasteiger partial charge is 0.340 e. The van der Waals surface area contributed by atoms with Crippen molar-refractivity contribution in [2.45, 2.75) is 9.79 Å². The molecule has 0 saturated heterocycles. The topological polar surface area (TPSA) is 133 Å². The van der Waals surface area contributed by atoms with Crippen molar-refractivity contribution < 1.29 is 25.9 Å². The molecule has 8 nitrogen and oxygen atoms in total. The maximum atomic E-state index is 11.0. The Bertz CT molecular complexity index is 993. The van der Waals surface area contributed by atoms with Gasteiger partial charge in [0.2, 0.25) is 0 Å². The lowest BCUT2D eigenvalue weighted by Crippen LogP contribution is -2.07. The highest BCUT2D eigenvalue weighted by atomic mass is 33.1. The number of hydrogen-bond acceptors (Lipinski definition) is 8. The zero-order valence-electron chi connectivity index (χ0n) is 13.6. The summed E-state index contributed by atoms with van der Waals surface area (Å²) in [4.78, 5) is -0.451. The van der Waals surface area contributed by atoms with E-state index < -0.39 is 20.2 Å². The first-order valence-corrected chi connectivity index (χ1v) is 12.9. The first-order chi connectivity index (χ1) is 12.9. The molecule has 0 amide bonds. The zero-order chi connectivity index (χ0) is 20.9. The van der Waals surface area contributed by atoms with Crippen LogP contribution in [0.4, 0.5) is 11.4 Å². The van der Waals surface area contributed by atoms with Gasteiger partial charge in [0.05, 0.1) is 9.79 Å². The van der Waals surface area contributed by atoms with Crippen LogP contribution in [-0.4, -0.2) is 34.6 Å². The maximum absolute atomic E-state index is 11.0. The second-order valence-electron chi connectivity index (χ2n) is 4.99. The highest BCUT2D eigenvalue weighted by Gasteiger charge is 2.11. The Balaban J connectivity index is 1.84. The summed E-state index contributed by atoms with van der Waals surface area (Å²) in [6.07, 6.45) is 0. The second-order valence-corrected chi connectivity index (χ2v) is 11.3. The van der Waals surface area contributed by atoms with E-state index in [-0.39, 0.29) is 9.79 Å². The number of nitrogens with one attached hydrogen (secondary N) is 2. The molecule has 2 aromatic rings. The standard InChI is InChI=1S/C14H12N2O6S6/c17-27(18,19)11-5-1-9(2-6-11)15-13(23)25-26-14(24)16-10-3-7-12(8-4-10)28(20,21)22/h1-8H,(H,15,23)(H,16,24)(H,17,18,19)(H,20,21,22). The molecule has 0 aliphatic heterocycles. The Morgan fingerprint density at radius 1 is 0.679 bits per heavy atom. The highest BCUT2D eigenvalue weighted by molar-refractivity contribution is 8.89. The molecule has 2 rings (SSSR count). The lowest BCUT2D eigenvalue weighted by molar-refractivity contribution is 0.481. The molecule has 4 N–H and O–H groups in total. The van der Waals surface area contributed by atoms with Crippen LogP contribution in [0.15, 0.2) is 58.3 Å².